The summed E-state index contributed by atoms with van der Waals surface area (Å²) in [6.45, 7) is 8.60. The standard InChI is InChI=1S/C20H30BrN3O2.HI/c1-20(2,15-6-4-7-16(21)12-15)14-23-19(22-3)24-9-11-26-18(13-24)17-8-5-10-25-17;/h4,6-7,12,17-18H,5,8-11,13-14H2,1-3H3,(H,22,23);1H. The SMILES string of the molecule is CN=C(NCC(C)(C)c1cccc(Br)c1)N1CCOC(C2CCCO2)C1.I. The molecular formula is C20H31BrIN3O2. The van der Waals surface area contributed by atoms with Gasteiger partial charge in [0.2, 0.25) is 0 Å². The number of benzene rings is 1. The van der Waals surface area contributed by atoms with Crippen LogP contribution in [0.3, 0.4) is 0 Å². The summed E-state index contributed by atoms with van der Waals surface area (Å²) in [6, 6.07) is 8.51. The van der Waals surface area contributed by atoms with Crippen LogP contribution < -0.4 is 5.32 Å². The van der Waals surface area contributed by atoms with E-state index >= 15 is 0 Å². The van der Waals surface area contributed by atoms with E-state index in [0.717, 1.165) is 56.1 Å². The third-order valence-corrected chi connectivity index (χ3v) is 5.77. The van der Waals surface area contributed by atoms with Gasteiger partial charge in [0.15, 0.2) is 5.96 Å². The Labute approximate surface area is 188 Å². The zero-order chi connectivity index (χ0) is 18.6. The van der Waals surface area contributed by atoms with Crippen LogP contribution in [-0.4, -0.2) is 63.0 Å². The van der Waals surface area contributed by atoms with E-state index in [0.29, 0.717) is 0 Å². The predicted octanol–water partition coefficient (Wildman–Crippen LogP) is 3.80. The third kappa shape index (κ3) is 6.05. The minimum absolute atomic E-state index is 0. The van der Waals surface area contributed by atoms with Crippen LogP contribution in [0.15, 0.2) is 33.7 Å². The molecule has 2 saturated heterocycles. The van der Waals surface area contributed by atoms with Crippen molar-refractivity contribution in [3.05, 3.63) is 34.3 Å². The maximum absolute atomic E-state index is 5.96. The van der Waals surface area contributed by atoms with Gasteiger partial charge in [-0.25, -0.2) is 0 Å². The van der Waals surface area contributed by atoms with E-state index in [4.69, 9.17) is 9.47 Å². The van der Waals surface area contributed by atoms with Gasteiger partial charge in [0, 0.05) is 43.2 Å². The molecule has 1 aromatic carbocycles. The molecule has 0 aliphatic carbocycles. The summed E-state index contributed by atoms with van der Waals surface area (Å²) in [7, 11) is 1.85. The van der Waals surface area contributed by atoms with Crippen LogP contribution in [0, 0.1) is 0 Å². The summed E-state index contributed by atoms with van der Waals surface area (Å²) in [5, 5.41) is 3.57. The average Bonchev–Trinajstić information content (AvgIpc) is 3.17. The highest BCUT2D eigenvalue weighted by molar-refractivity contribution is 14.0. The zero-order valence-electron chi connectivity index (χ0n) is 16.4. The number of nitrogens with zero attached hydrogens (tertiary/aromatic N) is 2. The van der Waals surface area contributed by atoms with Crippen LogP contribution in [0.25, 0.3) is 0 Å². The Kier molecular flexibility index (Phi) is 8.83. The molecule has 0 aromatic heterocycles. The molecule has 0 bridgehead atoms. The highest BCUT2D eigenvalue weighted by Crippen LogP contribution is 2.25. The highest BCUT2D eigenvalue weighted by atomic mass is 127. The lowest BCUT2D eigenvalue weighted by molar-refractivity contribution is -0.0817. The third-order valence-electron chi connectivity index (χ3n) is 5.28. The molecular weight excluding hydrogens is 521 g/mol. The van der Waals surface area contributed by atoms with Crippen molar-refractivity contribution in [3.8, 4) is 0 Å². The van der Waals surface area contributed by atoms with Crippen molar-refractivity contribution in [1.29, 1.82) is 0 Å². The van der Waals surface area contributed by atoms with Gasteiger partial charge in [-0.2, -0.15) is 0 Å². The Hall–Kier alpha value is -0.380. The lowest BCUT2D eigenvalue weighted by atomic mass is 9.85. The van der Waals surface area contributed by atoms with Gasteiger partial charge < -0.3 is 19.7 Å². The summed E-state index contributed by atoms with van der Waals surface area (Å²) in [5.41, 5.74) is 1.30. The number of aliphatic imine (C=N–C) groups is 1. The Morgan fingerprint density at radius 1 is 1.30 bits per heavy atom. The largest absolute Gasteiger partial charge is 0.375 e. The molecule has 1 N–H and O–H groups in total. The minimum Gasteiger partial charge on any atom is -0.375 e. The Morgan fingerprint density at radius 3 is 2.74 bits per heavy atom. The van der Waals surface area contributed by atoms with E-state index in [-0.39, 0.29) is 41.6 Å². The van der Waals surface area contributed by atoms with Crippen LogP contribution in [-0.2, 0) is 14.9 Å². The molecule has 3 rings (SSSR count). The van der Waals surface area contributed by atoms with E-state index in [9.17, 15) is 0 Å². The van der Waals surface area contributed by atoms with Crippen LogP contribution in [0.4, 0.5) is 0 Å². The van der Waals surface area contributed by atoms with Crippen molar-refractivity contribution < 1.29 is 9.47 Å². The number of halogens is 2. The number of hydrogen-bond acceptors (Lipinski definition) is 3. The first-order valence-electron chi connectivity index (χ1n) is 9.44. The maximum atomic E-state index is 5.96. The van der Waals surface area contributed by atoms with Crippen molar-refractivity contribution in [1.82, 2.24) is 10.2 Å². The fraction of sp³-hybridized carbons (Fsp3) is 0.650. The van der Waals surface area contributed by atoms with Gasteiger partial charge in [-0.3, -0.25) is 4.99 Å². The molecule has 2 heterocycles. The van der Waals surface area contributed by atoms with Gasteiger partial charge in [-0.05, 0) is 30.5 Å². The molecule has 2 aliphatic heterocycles. The Bertz CT molecular complexity index is 635. The normalized spacial score (nSPS) is 23.9. The molecule has 2 unspecified atom stereocenters. The molecule has 7 heteroatoms. The smallest absolute Gasteiger partial charge is 0.193 e. The van der Waals surface area contributed by atoms with Gasteiger partial charge in [0.25, 0.3) is 0 Å². The van der Waals surface area contributed by atoms with E-state index < -0.39 is 0 Å². The van der Waals surface area contributed by atoms with E-state index in [1.807, 2.05) is 7.05 Å². The van der Waals surface area contributed by atoms with Gasteiger partial charge in [-0.1, -0.05) is 41.9 Å². The van der Waals surface area contributed by atoms with E-state index in [1.54, 1.807) is 0 Å². The number of ether oxygens (including phenoxy) is 2. The molecule has 2 atom stereocenters. The van der Waals surface area contributed by atoms with Gasteiger partial charge >= 0.3 is 0 Å². The molecule has 0 radical (unpaired) electrons. The molecule has 1 aromatic rings. The number of morpholine rings is 1. The fourth-order valence-corrected chi connectivity index (χ4v) is 4.03. The number of hydrogen-bond donors (Lipinski definition) is 1. The zero-order valence-corrected chi connectivity index (χ0v) is 20.3. The second-order valence-electron chi connectivity index (χ2n) is 7.70. The molecule has 0 spiro atoms. The summed E-state index contributed by atoms with van der Waals surface area (Å²) in [4.78, 5) is 6.81. The predicted molar refractivity (Wildman–Crippen MR) is 124 cm³/mol. The first-order chi connectivity index (χ1) is 12.5. The summed E-state index contributed by atoms with van der Waals surface area (Å²) < 4.78 is 12.9. The molecule has 152 valence electrons. The molecule has 2 fully saturated rings. The monoisotopic (exact) mass is 551 g/mol. The van der Waals surface area contributed by atoms with Crippen LogP contribution in [0.5, 0.6) is 0 Å². The first kappa shape index (κ1) is 22.9. The highest BCUT2D eigenvalue weighted by Gasteiger charge is 2.32. The lowest BCUT2D eigenvalue weighted by Crippen LogP contribution is -2.54. The molecule has 0 saturated carbocycles. The summed E-state index contributed by atoms with van der Waals surface area (Å²) >= 11 is 3.57. The maximum Gasteiger partial charge on any atom is 0.193 e. The topological polar surface area (TPSA) is 46.1 Å². The first-order valence-corrected chi connectivity index (χ1v) is 10.2. The van der Waals surface area contributed by atoms with Gasteiger partial charge in [0.1, 0.15) is 6.10 Å². The Morgan fingerprint density at radius 2 is 2.07 bits per heavy atom. The molecule has 2 aliphatic rings. The summed E-state index contributed by atoms with van der Waals surface area (Å²) in [5.74, 6) is 0.944. The number of rotatable bonds is 4. The van der Waals surface area contributed by atoms with Crippen LogP contribution >= 0.6 is 39.9 Å². The molecule has 5 nitrogen and oxygen atoms in total. The quantitative estimate of drug-likeness (QED) is 0.351. The average molecular weight is 552 g/mol. The molecule has 0 amide bonds. The van der Waals surface area contributed by atoms with E-state index in [2.05, 4.69) is 69.3 Å². The molecule has 27 heavy (non-hydrogen) atoms. The fourth-order valence-electron chi connectivity index (χ4n) is 3.63. The van der Waals surface area contributed by atoms with Crippen LogP contribution in [0.1, 0.15) is 32.3 Å². The second-order valence-corrected chi connectivity index (χ2v) is 8.62. The van der Waals surface area contributed by atoms with Gasteiger partial charge in [0.05, 0.1) is 12.7 Å². The Balaban J connectivity index is 0.00000261. The lowest BCUT2D eigenvalue weighted by Gasteiger charge is -2.38. The van der Waals surface area contributed by atoms with Crippen molar-refractivity contribution in [2.24, 2.45) is 4.99 Å². The minimum atomic E-state index is -0.0000280. The van der Waals surface area contributed by atoms with Crippen molar-refractivity contribution in [3.63, 3.8) is 0 Å². The number of nitrogens with one attached hydrogen (secondary N) is 1. The van der Waals surface area contributed by atoms with Crippen LogP contribution in [0.2, 0.25) is 0 Å². The summed E-state index contributed by atoms with van der Waals surface area (Å²) in [6.07, 6.45) is 2.61. The number of guanidine groups is 1. The van der Waals surface area contributed by atoms with Crippen molar-refractivity contribution >= 4 is 45.9 Å². The second kappa shape index (κ2) is 10.4. The van der Waals surface area contributed by atoms with Crippen molar-refractivity contribution in [2.45, 2.75) is 44.3 Å². The van der Waals surface area contributed by atoms with Gasteiger partial charge in [-0.15, -0.1) is 24.0 Å². The van der Waals surface area contributed by atoms with E-state index in [1.165, 1.54) is 5.56 Å². The van der Waals surface area contributed by atoms with Crippen molar-refractivity contribution in [2.75, 3.05) is 39.9 Å².